The molecule has 0 bridgehead atoms. The lowest BCUT2D eigenvalue weighted by Gasteiger charge is -2.23. The average molecular weight is 368 g/mol. The summed E-state index contributed by atoms with van der Waals surface area (Å²) in [4.78, 5) is 13.3. The van der Waals surface area contributed by atoms with E-state index >= 15 is 0 Å². The number of Topliss-reactive ketones (excluding diaryl/α,β-unsaturated/α-hetero) is 1. The number of carbonyl (C=O) groups excluding carboxylic acids is 1. The molecule has 1 aliphatic carbocycles. The summed E-state index contributed by atoms with van der Waals surface area (Å²) in [5, 5.41) is 0. The molecular formula is C21H20O6. The van der Waals surface area contributed by atoms with E-state index in [-0.39, 0.29) is 12.6 Å². The Kier molecular flexibility index (Phi) is 4.39. The molecule has 0 fully saturated rings. The Morgan fingerprint density at radius 3 is 2.19 bits per heavy atom. The first-order valence-electron chi connectivity index (χ1n) is 8.63. The van der Waals surface area contributed by atoms with E-state index in [1.165, 1.54) is 7.11 Å². The largest absolute Gasteiger partial charge is 0.497 e. The molecule has 0 N–H and O–H groups in total. The van der Waals surface area contributed by atoms with E-state index in [1.54, 1.807) is 14.2 Å². The van der Waals surface area contributed by atoms with Crippen molar-refractivity contribution in [2.75, 3.05) is 28.1 Å². The third-order valence-corrected chi connectivity index (χ3v) is 4.86. The number of hydrogen-bond acceptors (Lipinski definition) is 6. The molecule has 1 heterocycles. The molecule has 27 heavy (non-hydrogen) atoms. The molecule has 6 nitrogen and oxygen atoms in total. The van der Waals surface area contributed by atoms with Gasteiger partial charge in [0.1, 0.15) is 5.75 Å². The molecule has 0 atom stereocenters. The van der Waals surface area contributed by atoms with Crippen molar-refractivity contribution in [2.45, 2.75) is 12.8 Å². The molecule has 2 aliphatic rings. The summed E-state index contributed by atoms with van der Waals surface area (Å²) in [5.41, 5.74) is 2.95. The van der Waals surface area contributed by atoms with Gasteiger partial charge < -0.3 is 23.7 Å². The van der Waals surface area contributed by atoms with Gasteiger partial charge in [-0.15, -0.1) is 0 Å². The lowest BCUT2D eigenvalue weighted by atomic mass is 9.84. The van der Waals surface area contributed by atoms with Crippen LogP contribution in [0.15, 0.2) is 29.8 Å². The molecule has 4 rings (SSSR count). The van der Waals surface area contributed by atoms with Crippen LogP contribution in [0, 0.1) is 0 Å². The Morgan fingerprint density at radius 1 is 0.889 bits per heavy atom. The monoisotopic (exact) mass is 368 g/mol. The maximum atomic E-state index is 13.3. The molecule has 0 saturated carbocycles. The second kappa shape index (κ2) is 6.87. The third-order valence-electron chi connectivity index (χ3n) is 4.86. The fourth-order valence-electron chi connectivity index (χ4n) is 3.58. The molecule has 1 aliphatic heterocycles. The van der Waals surface area contributed by atoms with E-state index in [0.29, 0.717) is 47.0 Å². The van der Waals surface area contributed by atoms with Crippen molar-refractivity contribution >= 4 is 11.9 Å². The van der Waals surface area contributed by atoms with Crippen LogP contribution in [-0.4, -0.2) is 33.9 Å². The second-order valence-corrected chi connectivity index (χ2v) is 6.26. The van der Waals surface area contributed by atoms with Crippen LogP contribution in [0.3, 0.4) is 0 Å². The van der Waals surface area contributed by atoms with Crippen LogP contribution in [0.25, 0.3) is 6.08 Å². The van der Waals surface area contributed by atoms with Gasteiger partial charge in [0.15, 0.2) is 17.3 Å². The van der Waals surface area contributed by atoms with Crippen molar-refractivity contribution in [3.8, 4) is 28.7 Å². The fourth-order valence-corrected chi connectivity index (χ4v) is 3.58. The number of methoxy groups -OCH3 is 3. The van der Waals surface area contributed by atoms with E-state index in [1.807, 2.05) is 30.3 Å². The SMILES string of the molecule is COc1ccc(/C=C2\CCc3c(OC)c4c(c(OC)c3C2=O)OCO4)cc1. The predicted molar refractivity (Wildman–Crippen MR) is 99.3 cm³/mol. The summed E-state index contributed by atoms with van der Waals surface area (Å²) in [6, 6.07) is 7.59. The van der Waals surface area contributed by atoms with Crippen LogP contribution in [0.5, 0.6) is 28.7 Å². The second-order valence-electron chi connectivity index (χ2n) is 6.26. The first kappa shape index (κ1) is 17.3. The molecule has 0 amide bonds. The van der Waals surface area contributed by atoms with E-state index in [9.17, 15) is 4.79 Å². The predicted octanol–water partition coefficient (Wildman–Crippen LogP) is 3.65. The number of ether oxygens (including phenoxy) is 5. The zero-order valence-corrected chi connectivity index (χ0v) is 15.5. The third kappa shape index (κ3) is 2.77. The zero-order valence-electron chi connectivity index (χ0n) is 15.5. The van der Waals surface area contributed by atoms with Gasteiger partial charge in [0, 0.05) is 11.1 Å². The standard InChI is InChI=1S/C21H20O6/c1-23-14-7-4-12(5-8-14)10-13-6-9-15-16(17(13)22)19(25-3)21-20(18(15)24-2)26-11-27-21/h4-5,7-8,10H,6,9,11H2,1-3H3/b13-10+. The molecular weight excluding hydrogens is 348 g/mol. The Labute approximate surface area is 157 Å². The van der Waals surface area contributed by atoms with Crippen LogP contribution in [0.2, 0.25) is 0 Å². The highest BCUT2D eigenvalue weighted by Crippen LogP contribution is 2.54. The highest BCUT2D eigenvalue weighted by molar-refractivity contribution is 6.16. The minimum absolute atomic E-state index is 0.0771. The number of ketones is 1. The van der Waals surface area contributed by atoms with Gasteiger partial charge in [-0.25, -0.2) is 0 Å². The van der Waals surface area contributed by atoms with Gasteiger partial charge in [-0.3, -0.25) is 4.79 Å². The molecule has 0 saturated heterocycles. The van der Waals surface area contributed by atoms with Gasteiger partial charge in [0.05, 0.1) is 26.9 Å². The summed E-state index contributed by atoms with van der Waals surface area (Å²) >= 11 is 0. The molecule has 0 aromatic heterocycles. The fraction of sp³-hybridized carbons (Fsp3) is 0.286. The summed E-state index contributed by atoms with van der Waals surface area (Å²) in [7, 11) is 4.72. The number of fused-ring (bicyclic) bond motifs is 2. The van der Waals surface area contributed by atoms with Gasteiger partial charge in [-0.1, -0.05) is 12.1 Å². The summed E-state index contributed by atoms with van der Waals surface area (Å²) in [6.07, 6.45) is 3.16. The lowest BCUT2D eigenvalue weighted by molar-refractivity contribution is 0.102. The van der Waals surface area contributed by atoms with E-state index in [4.69, 9.17) is 23.7 Å². The Balaban J connectivity index is 1.80. The lowest BCUT2D eigenvalue weighted by Crippen LogP contribution is -2.17. The normalized spacial score (nSPS) is 16.3. The number of hydrogen-bond donors (Lipinski definition) is 0. The Hall–Kier alpha value is -3.15. The smallest absolute Gasteiger partial charge is 0.231 e. The van der Waals surface area contributed by atoms with Gasteiger partial charge in [0.2, 0.25) is 18.3 Å². The van der Waals surface area contributed by atoms with Crippen LogP contribution < -0.4 is 23.7 Å². The van der Waals surface area contributed by atoms with E-state index < -0.39 is 0 Å². The first-order chi connectivity index (χ1) is 13.2. The first-order valence-corrected chi connectivity index (χ1v) is 8.63. The van der Waals surface area contributed by atoms with Crippen LogP contribution in [-0.2, 0) is 6.42 Å². The molecule has 0 spiro atoms. The number of carbonyl (C=O) groups is 1. The van der Waals surface area contributed by atoms with Crippen molar-refractivity contribution < 1.29 is 28.5 Å². The minimum Gasteiger partial charge on any atom is -0.497 e. The quantitative estimate of drug-likeness (QED) is 0.768. The number of rotatable bonds is 4. The van der Waals surface area contributed by atoms with E-state index in [0.717, 1.165) is 16.9 Å². The van der Waals surface area contributed by atoms with Crippen molar-refractivity contribution in [3.63, 3.8) is 0 Å². The minimum atomic E-state index is -0.0829. The highest BCUT2D eigenvalue weighted by atomic mass is 16.7. The summed E-state index contributed by atoms with van der Waals surface area (Å²) in [6.45, 7) is 0.0771. The topological polar surface area (TPSA) is 63.2 Å². The van der Waals surface area contributed by atoms with Crippen molar-refractivity contribution in [2.24, 2.45) is 0 Å². The summed E-state index contributed by atoms with van der Waals surface area (Å²) in [5.74, 6) is 2.58. The maximum absolute atomic E-state index is 13.3. The molecule has 0 radical (unpaired) electrons. The Bertz CT molecular complexity index is 927. The van der Waals surface area contributed by atoms with E-state index in [2.05, 4.69) is 0 Å². The van der Waals surface area contributed by atoms with Crippen molar-refractivity contribution in [1.82, 2.24) is 0 Å². The number of benzene rings is 2. The molecule has 2 aromatic rings. The van der Waals surface area contributed by atoms with Crippen molar-refractivity contribution in [3.05, 3.63) is 46.5 Å². The van der Waals surface area contributed by atoms with Crippen LogP contribution >= 0.6 is 0 Å². The van der Waals surface area contributed by atoms with Gasteiger partial charge in [0.25, 0.3) is 0 Å². The Morgan fingerprint density at radius 2 is 1.56 bits per heavy atom. The average Bonchev–Trinajstić information content (AvgIpc) is 3.18. The van der Waals surface area contributed by atoms with Crippen LogP contribution in [0.1, 0.15) is 27.9 Å². The van der Waals surface area contributed by atoms with Gasteiger partial charge in [-0.05, 0) is 36.6 Å². The van der Waals surface area contributed by atoms with Crippen molar-refractivity contribution in [1.29, 1.82) is 0 Å². The van der Waals surface area contributed by atoms with Gasteiger partial charge >= 0.3 is 0 Å². The molecule has 0 unspecified atom stereocenters. The molecule has 140 valence electrons. The maximum Gasteiger partial charge on any atom is 0.231 e. The van der Waals surface area contributed by atoms with Crippen LogP contribution in [0.4, 0.5) is 0 Å². The highest BCUT2D eigenvalue weighted by Gasteiger charge is 2.37. The molecule has 6 heteroatoms. The molecule has 2 aromatic carbocycles. The zero-order chi connectivity index (χ0) is 19.0. The van der Waals surface area contributed by atoms with Gasteiger partial charge in [-0.2, -0.15) is 0 Å². The summed E-state index contributed by atoms with van der Waals surface area (Å²) < 4.78 is 27.3. The number of allylic oxidation sites excluding steroid dienone is 1.